The van der Waals surface area contributed by atoms with E-state index in [1.54, 1.807) is 11.0 Å². The lowest BCUT2D eigenvalue weighted by Crippen LogP contribution is -2.51. The Balaban J connectivity index is 2.08. The van der Waals surface area contributed by atoms with Gasteiger partial charge in [-0.15, -0.1) is 0 Å². The Labute approximate surface area is 126 Å². The van der Waals surface area contributed by atoms with E-state index in [9.17, 15) is 4.79 Å². The summed E-state index contributed by atoms with van der Waals surface area (Å²) in [5.41, 5.74) is 6.50. The molecule has 1 aliphatic rings. The zero-order chi connectivity index (χ0) is 15.4. The number of nitrogens with zero attached hydrogens (tertiary/aromatic N) is 1. The smallest absolute Gasteiger partial charge is 0.254 e. The third kappa shape index (κ3) is 4.19. The predicted molar refractivity (Wildman–Crippen MR) is 81.5 cm³/mol. The van der Waals surface area contributed by atoms with Crippen LogP contribution in [0.5, 0.6) is 5.75 Å². The third-order valence-corrected chi connectivity index (χ3v) is 3.42. The highest BCUT2D eigenvalue weighted by Crippen LogP contribution is 2.18. The topological polar surface area (TPSA) is 64.8 Å². The van der Waals surface area contributed by atoms with Crippen molar-refractivity contribution in [3.8, 4) is 5.75 Å². The van der Waals surface area contributed by atoms with Gasteiger partial charge in [-0.3, -0.25) is 4.79 Å². The Morgan fingerprint density at radius 2 is 2.19 bits per heavy atom. The molecule has 1 fully saturated rings. The lowest BCUT2D eigenvalue weighted by molar-refractivity contribution is -0.0300. The van der Waals surface area contributed by atoms with Crippen molar-refractivity contribution in [1.29, 1.82) is 0 Å². The second-order valence-electron chi connectivity index (χ2n) is 5.71. The van der Waals surface area contributed by atoms with E-state index in [4.69, 9.17) is 15.2 Å². The van der Waals surface area contributed by atoms with Gasteiger partial charge in [-0.25, -0.2) is 0 Å². The maximum atomic E-state index is 12.6. The Hall–Kier alpha value is -1.59. The van der Waals surface area contributed by atoms with E-state index >= 15 is 0 Å². The molecular formula is C16H24N2O3. The predicted octanol–water partition coefficient (Wildman–Crippen LogP) is 1.66. The first kappa shape index (κ1) is 15.8. The molecule has 0 aliphatic carbocycles. The second kappa shape index (κ2) is 6.91. The van der Waals surface area contributed by atoms with Gasteiger partial charge in [-0.1, -0.05) is 6.07 Å². The SMILES string of the molecule is CC(C)Oc1cccc(C(=O)N2CCOC(C(C)N)C2)c1. The molecule has 1 amide bonds. The Morgan fingerprint density at radius 3 is 2.86 bits per heavy atom. The zero-order valence-electron chi connectivity index (χ0n) is 12.9. The molecule has 0 radical (unpaired) electrons. The lowest BCUT2D eigenvalue weighted by Gasteiger charge is -2.34. The zero-order valence-corrected chi connectivity index (χ0v) is 12.9. The Kier molecular flexibility index (Phi) is 5.20. The van der Waals surface area contributed by atoms with E-state index < -0.39 is 0 Å². The van der Waals surface area contributed by atoms with Crippen LogP contribution < -0.4 is 10.5 Å². The third-order valence-electron chi connectivity index (χ3n) is 3.42. The van der Waals surface area contributed by atoms with Gasteiger partial charge < -0.3 is 20.1 Å². The molecular weight excluding hydrogens is 268 g/mol. The lowest BCUT2D eigenvalue weighted by atomic mass is 10.1. The normalized spacial score (nSPS) is 20.4. The summed E-state index contributed by atoms with van der Waals surface area (Å²) >= 11 is 0. The molecule has 1 saturated heterocycles. The van der Waals surface area contributed by atoms with Crippen LogP contribution in [-0.2, 0) is 4.74 Å². The average Bonchev–Trinajstić information content (AvgIpc) is 2.46. The van der Waals surface area contributed by atoms with Crippen LogP contribution in [0, 0.1) is 0 Å². The average molecular weight is 292 g/mol. The summed E-state index contributed by atoms with van der Waals surface area (Å²) in [6.45, 7) is 7.48. The van der Waals surface area contributed by atoms with Gasteiger partial charge in [0.15, 0.2) is 0 Å². The molecule has 1 aromatic carbocycles. The summed E-state index contributed by atoms with van der Waals surface area (Å²) in [5.74, 6) is 0.714. The number of benzene rings is 1. The standard InChI is InChI=1S/C16H24N2O3/c1-11(2)21-14-6-4-5-13(9-14)16(19)18-7-8-20-15(10-18)12(3)17/h4-6,9,11-12,15H,7-8,10,17H2,1-3H3. The van der Waals surface area contributed by atoms with Crippen LogP contribution in [0.1, 0.15) is 31.1 Å². The van der Waals surface area contributed by atoms with Crippen molar-refractivity contribution in [3.63, 3.8) is 0 Å². The Bertz CT molecular complexity index is 488. The molecule has 0 spiro atoms. The molecule has 2 atom stereocenters. The maximum Gasteiger partial charge on any atom is 0.254 e. The van der Waals surface area contributed by atoms with Crippen molar-refractivity contribution in [1.82, 2.24) is 4.90 Å². The first-order chi connectivity index (χ1) is 9.97. The summed E-state index contributed by atoms with van der Waals surface area (Å²) in [5, 5.41) is 0. The van der Waals surface area contributed by atoms with E-state index in [0.29, 0.717) is 31.0 Å². The number of carbonyl (C=O) groups excluding carboxylic acids is 1. The van der Waals surface area contributed by atoms with Crippen LogP contribution in [0.2, 0.25) is 0 Å². The number of carbonyl (C=O) groups is 1. The fraction of sp³-hybridized carbons (Fsp3) is 0.562. The molecule has 1 aliphatic heterocycles. The van der Waals surface area contributed by atoms with Gasteiger partial charge in [-0.05, 0) is 39.0 Å². The van der Waals surface area contributed by atoms with Gasteiger partial charge in [0.25, 0.3) is 5.91 Å². The molecule has 0 bridgehead atoms. The van der Waals surface area contributed by atoms with Gasteiger partial charge in [0.05, 0.1) is 18.8 Å². The molecule has 5 heteroatoms. The first-order valence-corrected chi connectivity index (χ1v) is 7.40. The van der Waals surface area contributed by atoms with Crippen LogP contribution in [0.25, 0.3) is 0 Å². The number of hydrogen-bond donors (Lipinski definition) is 1. The van der Waals surface area contributed by atoms with Crippen LogP contribution in [0.15, 0.2) is 24.3 Å². The van der Waals surface area contributed by atoms with E-state index in [-0.39, 0.29) is 24.2 Å². The van der Waals surface area contributed by atoms with Crippen LogP contribution in [-0.4, -0.2) is 48.8 Å². The van der Waals surface area contributed by atoms with Gasteiger partial charge in [0.1, 0.15) is 5.75 Å². The highest BCUT2D eigenvalue weighted by atomic mass is 16.5. The minimum Gasteiger partial charge on any atom is -0.491 e. The van der Waals surface area contributed by atoms with Crippen molar-refractivity contribution in [3.05, 3.63) is 29.8 Å². The van der Waals surface area contributed by atoms with Crippen LogP contribution >= 0.6 is 0 Å². The van der Waals surface area contributed by atoms with Gasteiger partial charge in [0.2, 0.25) is 0 Å². The van der Waals surface area contributed by atoms with E-state index in [0.717, 1.165) is 0 Å². The second-order valence-corrected chi connectivity index (χ2v) is 5.71. The minimum absolute atomic E-state index is 0.00171. The fourth-order valence-corrected chi connectivity index (χ4v) is 2.34. The molecule has 1 heterocycles. The maximum absolute atomic E-state index is 12.6. The molecule has 2 rings (SSSR count). The summed E-state index contributed by atoms with van der Waals surface area (Å²) < 4.78 is 11.2. The van der Waals surface area contributed by atoms with Crippen molar-refractivity contribution in [2.45, 2.75) is 39.0 Å². The summed E-state index contributed by atoms with van der Waals surface area (Å²) in [6.07, 6.45) is -0.0148. The van der Waals surface area contributed by atoms with Crippen molar-refractivity contribution in [2.24, 2.45) is 5.73 Å². The summed E-state index contributed by atoms with van der Waals surface area (Å²) in [4.78, 5) is 14.4. The molecule has 21 heavy (non-hydrogen) atoms. The van der Waals surface area contributed by atoms with E-state index in [1.165, 1.54) is 0 Å². The minimum atomic E-state index is -0.0993. The van der Waals surface area contributed by atoms with Gasteiger partial charge in [-0.2, -0.15) is 0 Å². The van der Waals surface area contributed by atoms with Gasteiger partial charge in [0, 0.05) is 24.7 Å². The van der Waals surface area contributed by atoms with Crippen LogP contribution in [0.4, 0.5) is 0 Å². The number of ether oxygens (including phenoxy) is 2. The number of morpholine rings is 1. The quantitative estimate of drug-likeness (QED) is 0.916. The molecule has 1 aromatic rings. The van der Waals surface area contributed by atoms with E-state index in [2.05, 4.69) is 0 Å². The molecule has 0 saturated carbocycles. The first-order valence-electron chi connectivity index (χ1n) is 7.40. The highest BCUT2D eigenvalue weighted by molar-refractivity contribution is 5.94. The van der Waals surface area contributed by atoms with Crippen molar-refractivity contribution >= 4 is 5.91 Å². The monoisotopic (exact) mass is 292 g/mol. The fourth-order valence-electron chi connectivity index (χ4n) is 2.34. The summed E-state index contributed by atoms with van der Waals surface area (Å²) in [6, 6.07) is 7.22. The highest BCUT2D eigenvalue weighted by Gasteiger charge is 2.27. The number of amides is 1. The molecule has 116 valence electrons. The van der Waals surface area contributed by atoms with Crippen molar-refractivity contribution < 1.29 is 14.3 Å². The molecule has 2 unspecified atom stereocenters. The van der Waals surface area contributed by atoms with Crippen molar-refractivity contribution in [2.75, 3.05) is 19.7 Å². The molecule has 0 aromatic heterocycles. The summed E-state index contributed by atoms with van der Waals surface area (Å²) in [7, 11) is 0. The van der Waals surface area contributed by atoms with Crippen LogP contribution in [0.3, 0.4) is 0 Å². The molecule has 2 N–H and O–H groups in total. The number of nitrogens with two attached hydrogens (primary N) is 1. The number of hydrogen-bond acceptors (Lipinski definition) is 4. The van der Waals surface area contributed by atoms with Gasteiger partial charge >= 0.3 is 0 Å². The number of rotatable bonds is 4. The van der Waals surface area contributed by atoms with E-state index in [1.807, 2.05) is 39.0 Å². The molecule has 5 nitrogen and oxygen atoms in total. The largest absolute Gasteiger partial charge is 0.491 e. The Morgan fingerprint density at radius 1 is 1.43 bits per heavy atom.